The predicted molar refractivity (Wildman–Crippen MR) is 122 cm³/mol. The number of hydrogen-bond acceptors (Lipinski definition) is 8. The van der Waals surface area contributed by atoms with Crippen molar-refractivity contribution in [3.05, 3.63) is 57.1 Å². The molecule has 1 N–H and O–H groups in total. The molecule has 0 atom stereocenters. The molecule has 0 unspecified atom stereocenters. The molecule has 0 radical (unpaired) electrons. The summed E-state index contributed by atoms with van der Waals surface area (Å²) in [7, 11) is 1.11. The molecule has 2 rings (SSSR count). The van der Waals surface area contributed by atoms with Gasteiger partial charge in [-0.05, 0) is 37.7 Å². The van der Waals surface area contributed by atoms with E-state index in [4.69, 9.17) is 9.47 Å². The molecule has 0 amide bonds. The van der Waals surface area contributed by atoms with Crippen LogP contribution in [0.15, 0.2) is 30.3 Å². The Balaban J connectivity index is 2.57. The van der Waals surface area contributed by atoms with Crippen molar-refractivity contribution >= 4 is 17.6 Å². The van der Waals surface area contributed by atoms with E-state index in [2.05, 4.69) is 16.7 Å². The maximum Gasteiger partial charge on any atom is 0.342 e. The van der Waals surface area contributed by atoms with Crippen LogP contribution in [0.4, 0.5) is 5.69 Å². The number of ether oxygens (including phenoxy) is 2. The summed E-state index contributed by atoms with van der Waals surface area (Å²) < 4.78 is 10.1. The number of nitrogens with zero attached hydrogens (tertiary/aromatic N) is 2. The number of nitro benzene ring substituents is 1. The van der Waals surface area contributed by atoms with Gasteiger partial charge in [-0.15, -0.1) is 0 Å². The minimum Gasteiger partial charge on any atom is -0.507 e. The van der Waals surface area contributed by atoms with Crippen LogP contribution in [-0.4, -0.2) is 60.2 Å². The lowest BCUT2D eigenvalue weighted by Gasteiger charge is -2.17. The average Bonchev–Trinajstić information content (AvgIpc) is 2.80. The second-order valence-electron chi connectivity index (χ2n) is 6.99. The number of benzene rings is 2. The number of carbonyl (C=O) groups excluding carboxylic acids is 2. The quantitative estimate of drug-likeness (QED) is 0.278. The Morgan fingerprint density at radius 3 is 2.39 bits per heavy atom. The molecule has 33 heavy (non-hydrogen) atoms. The maximum absolute atomic E-state index is 13.0. The van der Waals surface area contributed by atoms with Crippen molar-refractivity contribution in [3.63, 3.8) is 0 Å². The number of rotatable bonds is 8. The van der Waals surface area contributed by atoms with E-state index in [1.807, 2.05) is 13.8 Å². The number of esters is 2. The Bertz CT molecular complexity index is 1110. The van der Waals surface area contributed by atoms with Gasteiger partial charge in [0.2, 0.25) is 0 Å². The molecule has 0 spiro atoms. The van der Waals surface area contributed by atoms with Gasteiger partial charge in [0.05, 0.1) is 29.7 Å². The fourth-order valence-corrected chi connectivity index (χ4v) is 3.32. The summed E-state index contributed by atoms with van der Waals surface area (Å²) >= 11 is 0. The van der Waals surface area contributed by atoms with Gasteiger partial charge in [-0.25, -0.2) is 9.59 Å². The lowest BCUT2D eigenvalue weighted by molar-refractivity contribution is -0.384. The van der Waals surface area contributed by atoms with Gasteiger partial charge in [-0.2, -0.15) is 0 Å². The highest BCUT2D eigenvalue weighted by Gasteiger charge is 2.31. The van der Waals surface area contributed by atoms with E-state index in [1.54, 1.807) is 0 Å². The van der Waals surface area contributed by atoms with Gasteiger partial charge < -0.3 is 14.6 Å². The molecular formula is C24H26N2O7. The van der Waals surface area contributed by atoms with E-state index < -0.39 is 22.6 Å². The Morgan fingerprint density at radius 2 is 1.79 bits per heavy atom. The number of methoxy groups -OCH3 is 1. The van der Waals surface area contributed by atoms with Crippen LogP contribution in [-0.2, 0) is 9.47 Å². The van der Waals surface area contributed by atoms with Crippen LogP contribution in [0.3, 0.4) is 0 Å². The maximum atomic E-state index is 13.0. The number of hydrogen-bond donors (Lipinski definition) is 1. The third-order valence-corrected chi connectivity index (χ3v) is 5.06. The third kappa shape index (κ3) is 5.87. The van der Waals surface area contributed by atoms with Crippen LogP contribution >= 0.6 is 0 Å². The van der Waals surface area contributed by atoms with Crippen LogP contribution in [0.25, 0.3) is 11.1 Å². The fraction of sp³-hybridized carbons (Fsp3) is 0.333. The number of carbonyl (C=O) groups is 2. The largest absolute Gasteiger partial charge is 0.507 e. The molecule has 0 aliphatic rings. The van der Waals surface area contributed by atoms with Crippen molar-refractivity contribution < 1.29 is 29.1 Å². The molecule has 174 valence electrons. The lowest BCUT2D eigenvalue weighted by Crippen LogP contribution is -2.23. The summed E-state index contributed by atoms with van der Waals surface area (Å²) in [6, 6.07) is 6.82. The standard InChI is InChI=1S/C24H26N2O7/c1-5-25(6-2)13-9-10-14-33-24(29)20-16(3)15-19(27)22(23(28)32-4)21(20)17-11-7-8-12-18(17)26(30)31/h7-8,11-12,15,27H,5-6,13-14H2,1-4H3. The van der Waals surface area contributed by atoms with Gasteiger partial charge in [0.1, 0.15) is 11.3 Å². The third-order valence-electron chi connectivity index (χ3n) is 5.06. The van der Waals surface area contributed by atoms with Gasteiger partial charge in [0.15, 0.2) is 6.61 Å². The van der Waals surface area contributed by atoms with Crippen molar-refractivity contribution in [3.8, 4) is 28.7 Å². The molecule has 9 heteroatoms. The number of para-hydroxylation sites is 1. The van der Waals surface area contributed by atoms with Crippen LogP contribution in [0.2, 0.25) is 0 Å². The smallest absolute Gasteiger partial charge is 0.342 e. The minimum atomic E-state index is -0.950. The molecule has 9 nitrogen and oxygen atoms in total. The van der Waals surface area contributed by atoms with Crippen LogP contribution in [0, 0.1) is 28.9 Å². The molecule has 0 heterocycles. The summed E-state index contributed by atoms with van der Waals surface area (Å²) in [5, 5.41) is 22.1. The Kier molecular flexibility index (Phi) is 8.95. The Hall–Kier alpha value is -3.90. The molecule has 0 bridgehead atoms. The van der Waals surface area contributed by atoms with Gasteiger partial charge >= 0.3 is 11.9 Å². The topological polar surface area (TPSA) is 119 Å². The van der Waals surface area contributed by atoms with Crippen LogP contribution < -0.4 is 0 Å². The number of phenols is 1. The van der Waals surface area contributed by atoms with Crippen molar-refractivity contribution in [1.82, 2.24) is 4.90 Å². The van der Waals surface area contributed by atoms with E-state index in [9.17, 15) is 24.8 Å². The highest BCUT2D eigenvalue weighted by Crippen LogP contribution is 2.40. The Morgan fingerprint density at radius 1 is 1.12 bits per heavy atom. The first-order valence-electron chi connectivity index (χ1n) is 10.3. The predicted octanol–water partition coefficient (Wildman–Crippen LogP) is 3.56. The van der Waals surface area contributed by atoms with Crippen molar-refractivity contribution in [2.24, 2.45) is 0 Å². The Labute approximate surface area is 192 Å². The molecule has 0 aliphatic heterocycles. The normalized spacial score (nSPS) is 10.3. The van der Waals surface area contributed by atoms with Crippen LogP contribution in [0.1, 0.15) is 40.1 Å². The average molecular weight is 454 g/mol. The minimum absolute atomic E-state index is 0.0264. The summed E-state index contributed by atoms with van der Waals surface area (Å²) in [4.78, 5) is 38.6. The lowest BCUT2D eigenvalue weighted by atomic mass is 9.89. The van der Waals surface area contributed by atoms with Crippen LogP contribution in [0.5, 0.6) is 5.75 Å². The van der Waals surface area contributed by atoms with Gasteiger partial charge in [-0.3, -0.25) is 15.0 Å². The molecule has 0 fully saturated rings. The van der Waals surface area contributed by atoms with E-state index in [1.165, 1.54) is 37.3 Å². The number of aromatic hydroxyl groups is 1. The van der Waals surface area contributed by atoms with E-state index in [-0.39, 0.29) is 40.1 Å². The first kappa shape index (κ1) is 25.4. The first-order valence-corrected chi connectivity index (χ1v) is 10.3. The zero-order valence-corrected chi connectivity index (χ0v) is 19.0. The fourth-order valence-electron chi connectivity index (χ4n) is 3.32. The summed E-state index contributed by atoms with van der Waals surface area (Å²) in [6.07, 6.45) is 0. The highest BCUT2D eigenvalue weighted by atomic mass is 16.6. The van der Waals surface area contributed by atoms with E-state index in [0.717, 1.165) is 20.2 Å². The van der Waals surface area contributed by atoms with Gasteiger partial charge in [0, 0.05) is 11.6 Å². The summed E-state index contributed by atoms with van der Waals surface area (Å²) in [5.41, 5.74) is -0.686. The second-order valence-corrected chi connectivity index (χ2v) is 6.99. The molecule has 0 aromatic heterocycles. The van der Waals surface area contributed by atoms with E-state index >= 15 is 0 Å². The van der Waals surface area contributed by atoms with E-state index in [0.29, 0.717) is 6.54 Å². The molecule has 2 aromatic carbocycles. The summed E-state index contributed by atoms with van der Waals surface area (Å²) in [6.45, 7) is 7.56. The molecule has 0 aliphatic carbocycles. The second kappa shape index (κ2) is 11.6. The van der Waals surface area contributed by atoms with Crippen molar-refractivity contribution in [2.75, 3.05) is 33.4 Å². The summed E-state index contributed by atoms with van der Waals surface area (Å²) in [5.74, 6) is 3.44. The zero-order valence-electron chi connectivity index (χ0n) is 19.0. The molecule has 2 aromatic rings. The van der Waals surface area contributed by atoms with Crippen molar-refractivity contribution in [2.45, 2.75) is 20.8 Å². The number of aryl methyl sites for hydroxylation is 1. The molecule has 0 saturated heterocycles. The monoisotopic (exact) mass is 454 g/mol. The number of phenolic OH excluding ortho intramolecular Hbond substituents is 1. The first-order chi connectivity index (χ1) is 15.8. The van der Waals surface area contributed by atoms with Gasteiger partial charge in [0.25, 0.3) is 5.69 Å². The SMILES string of the molecule is CCN(CC)CC#CCOC(=O)c1c(C)cc(O)c(C(=O)OC)c1-c1ccccc1[N+](=O)[O-]. The van der Waals surface area contributed by atoms with Crippen molar-refractivity contribution in [1.29, 1.82) is 0 Å². The zero-order chi connectivity index (χ0) is 24.5. The highest BCUT2D eigenvalue weighted by molar-refractivity contribution is 6.09. The number of nitro groups is 1. The molecular weight excluding hydrogens is 428 g/mol. The molecule has 0 saturated carbocycles. The van der Waals surface area contributed by atoms with Gasteiger partial charge in [-0.1, -0.05) is 37.8 Å².